The highest BCUT2D eigenvalue weighted by atomic mass is 35.5. The minimum atomic E-state index is -0.394. The van der Waals surface area contributed by atoms with Gasteiger partial charge in [0.1, 0.15) is 0 Å². The van der Waals surface area contributed by atoms with Crippen LogP contribution in [-0.2, 0) is 11.8 Å². The normalized spacial score (nSPS) is 11.8. The summed E-state index contributed by atoms with van der Waals surface area (Å²) in [6.07, 6.45) is 0. The Morgan fingerprint density at radius 2 is 1.81 bits per heavy atom. The molecule has 0 aliphatic heterocycles. The van der Waals surface area contributed by atoms with Crippen molar-refractivity contribution >= 4 is 64.1 Å². The smallest absolute Gasteiger partial charge is 0.251 e. The molecule has 3 aromatic rings. The van der Waals surface area contributed by atoms with Gasteiger partial charge < -0.3 is 15.2 Å². The molecule has 0 spiro atoms. The van der Waals surface area contributed by atoms with E-state index in [0.717, 1.165) is 0 Å². The number of amides is 2. The lowest BCUT2D eigenvalue weighted by molar-refractivity contribution is -0.113. The summed E-state index contributed by atoms with van der Waals surface area (Å²) in [6, 6.07) is 11.2. The van der Waals surface area contributed by atoms with E-state index in [1.807, 2.05) is 0 Å². The number of carbonyl (C=O) groups excluding carboxylic acids is 2. The second kappa shape index (κ2) is 10.4. The van der Waals surface area contributed by atoms with Crippen LogP contribution >= 0.6 is 46.6 Å². The van der Waals surface area contributed by atoms with Gasteiger partial charge in [0.05, 0.1) is 27.5 Å². The van der Waals surface area contributed by atoms with Crippen LogP contribution in [0, 0.1) is 0 Å². The molecule has 1 heterocycles. The average Bonchev–Trinajstić information content (AvgIpc) is 3.11. The lowest BCUT2D eigenvalue weighted by atomic mass is 10.2. The van der Waals surface area contributed by atoms with E-state index in [1.165, 1.54) is 11.8 Å². The van der Waals surface area contributed by atoms with Crippen LogP contribution in [0.2, 0.25) is 15.1 Å². The molecule has 7 nitrogen and oxygen atoms in total. The molecule has 2 N–H and O–H groups in total. The number of hydrogen-bond acceptors (Lipinski definition) is 5. The summed E-state index contributed by atoms with van der Waals surface area (Å²) < 4.78 is 1.73. The van der Waals surface area contributed by atoms with Crippen molar-refractivity contribution in [1.29, 1.82) is 0 Å². The van der Waals surface area contributed by atoms with E-state index in [0.29, 0.717) is 32.3 Å². The first-order chi connectivity index (χ1) is 14.8. The van der Waals surface area contributed by atoms with Crippen LogP contribution in [0.3, 0.4) is 0 Å². The largest absolute Gasteiger partial charge is 0.342 e. The van der Waals surface area contributed by atoms with Crippen molar-refractivity contribution in [2.45, 2.75) is 18.1 Å². The summed E-state index contributed by atoms with van der Waals surface area (Å²) >= 11 is 19.1. The fourth-order valence-electron chi connectivity index (χ4n) is 2.69. The summed E-state index contributed by atoms with van der Waals surface area (Å²) in [5.41, 5.74) is 0.932. The van der Waals surface area contributed by atoms with E-state index in [9.17, 15) is 9.59 Å². The number of halogens is 3. The van der Waals surface area contributed by atoms with Crippen LogP contribution in [0.1, 0.15) is 29.1 Å². The van der Waals surface area contributed by atoms with Crippen molar-refractivity contribution in [2.24, 2.45) is 7.05 Å². The fraction of sp³-hybridized carbons (Fsp3) is 0.200. The zero-order chi connectivity index (χ0) is 22.5. The number of carbonyl (C=O) groups is 2. The van der Waals surface area contributed by atoms with Crippen LogP contribution in [-0.4, -0.2) is 32.3 Å². The highest BCUT2D eigenvalue weighted by molar-refractivity contribution is 7.99. The number of rotatable bonds is 7. The van der Waals surface area contributed by atoms with Crippen LogP contribution in [0.15, 0.2) is 47.6 Å². The van der Waals surface area contributed by atoms with E-state index >= 15 is 0 Å². The van der Waals surface area contributed by atoms with Crippen molar-refractivity contribution in [1.82, 2.24) is 20.1 Å². The quantitative estimate of drug-likeness (QED) is 0.448. The third-order valence-corrected chi connectivity index (χ3v) is 6.36. The summed E-state index contributed by atoms with van der Waals surface area (Å²) in [5, 5.41) is 15.6. The van der Waals surface area contributed by atoms with Gasteiger partial charge in [-0.1, -0.05) is 52.6 Å². The standard InChI is InChI=1S/C20H18Cl3N5O2S/c1-11(24-19(30)12-6-8-13(21)9-7-12)18-26-27-20(28(18)2)31-10-16(29)25-15-5-3-4-14(22)17(15)23/h3-9,11H,10H2,1-2H3,(H,24,30)(H,25,29)/t11-/m1/s1. The molecular weight excluding hydrogens is 481 g/mol. The predicted octanol–water partition coefficient (Wildman–Crippen LogP) is 5.00. The fourth-order valence-corrected chi connectivity index (χ4v) is 3.88. The third kappa shape index (κ3) is 5.92. The maximum atomic E-state index is 12.4. The second-order valence-electron chi connectivity index (χ2n) is 6.54. The number of aromatic nitrogens is 3. The van der Waals surface area contributed by atoms with Crippen LogP contribution in [0.5, 0.6) is 0 Å². The van der Waals surface area contributed by atoms with E-state index in [1.54, 1.807) is 61.0 Å². The first kappa shape index (κ1) is 23.4. The molecule has 3 rings (SSSR count). The number of anilines is 1. The maximum Gasteiger partial charge on any atom is 0.251 e. The highest BCUT2D eigenvalue weighted by Gasteiger charge is 2.19. The number of benzene rings is 2. The van der Waals surface area contributed by atoms with Crippen molar-refractivity contribution in [3.8, 4) is 0 Å². The van der Waals surface area contributed by atoms with Gasteiger partial charge >= 0.3 is 0 Å². The van der Waals surface area contributed by atoms with E-state index in [4.69, 9.17) is 34.8 Å². The first-order valence-corrected chi connectivity index (χ1v) is 11.2. The predicted molar refractivity (Wildman–Crippen MR) is 124 cm³/mol. The Hall–Kier alpha value is -2.26. The van der Waals surface area contributed by atoms with Crippen molar-refractivity contribution in [3.05, 3.63) is 68.9 Å². The number of nitrogens with zero attached hydrogens (tertiary/aromatic N) is 3. The van der Waals surface area contributed by atoms with Gasteiger partial charge in [-0.3, -0.25) is 9.59 Å². The highest BCUT2D eigenvalue weighted by Crippen LogP contribution is 2.29. The molecule has 1 atom stereocenters. The van der Waals surface area contributed by atoms with E-state index in [2.05, 4.69) is 20.8 Å². The molecule has 11 heteroatoms. The monoisotopic (exact) mass is 497 g/mol. The van der Waals surface area contributed by atoms with Gasteiger partial charge in [-0.25, -0.2) is 0 Å². The summed E-state index contributed by atoms with van der Waals surface area (Å²) in [7, 11) is 1.77. The Labute approximate surface area is 198 Å². The molecule has 0 saturated carbocycles. The summed E-state index contributed by atoms with van der Waals surface area (Å²) in [6.45, 7) is 1.81. The van der Waals surface area contributed by atoms with Gasteiger partial charge in [-0.05, 0) is 43.3 Å². The molecule has 0 aliphatic carbocycles. The van der Waals surface area contributed by atoms with Gasteiger partial charge in [0.15, 0.2) is 11.0 Å². The topological polar surface area (TPSA) is 88.9 Å². The molecule has 0 unspecified atom stereocenters. The molecule has 2 amide bonds. The lowest BCUT2D eigenvalue weighted by Gasteiger charge is -2.13. The average molecular weight is 499 g/mol. The molecule has 31 heavy (non-hydrogen) atoms. The van der Waals surface area contributed by atoms with Crippen molar-refractivity contribution in [2.75, 3.05) is 11.1 Å². The van der Waals surface area contributed by atoms with Crippen LogP contribution in [0.4, 0.5) is 5.69 Å². The van der Waals surface area contributed by atoms with E-state index < -0.39 is 6.04 Å². The van der Waals surface area contributed by atoms with Crippen LogP contribution < -0.4 is 10.6 Å². The Morgan fingerprint density at radius 1 is 1.10 bits per heavy atom. The van der Waals surface area contributed by atoms with Crippen LogP contribution in [0.25, 0.3) is 0 Å². The Bertz CT molecular complexity index is 1100. The van der Waals surface area contributed by atoms with Gasteiger partial charge in [0.2, 0.25) is 5.91 Å². The number of thioether (sulfide) groups is 1. The van der Waals surface area contributed by atoms with Crippen molar-refractivity contribution in [3.63, 3.8) is 0 Å². The SMILES string of the molecule is C[C@@H](NC(=O)c1ccc(Cl)cc1)c1nnc(SCC(=O)Nc2cccc(Cl)c2Cl)n1C. The van der Waals surface area contributed by atoms with Crippen molar-refractivity contribution < 1.29 is 9.59 Å². The molecule has 162 valence electrons. The van der Waals surface area contributed by atoms with Gasteiger partial charge in [-0.2, -0.15) is 0 Å². The zero-order valence-corrected chi connectivity index (χ0v) is 19.6. The minimum absolute atomic E-state index is 0.0975. The Morgan fingerprint density at radius 3 is 2.52 bits per heavy atom. The summed E-state index contributed by atoms with van der Waals surface area (Å²) in [4.78, 5) is 24.7. The Kier molecular flexibility index (Phi) is 7.83. The minimum Gasteiger partial charge on any atom is -0.342 e. The molecule has 0 bridgehead atoms. The molecule has 0 saturated heterocycles. The maximum absolute atomic E-state index is 12.4. The summed E-state index contributed by atoms with van der Waals surface area (Å²) in [5.74, 6) is 0.144. The zero-order valence-electron chi connectivity index (χ0n) is 16.5. The lowest BCUT2D eigenvalue weighted by Crippen LogP contribution is -2.28. The number of hydrogen-bond donors (Lipinski definition) is 2. The van der Waals surface area contributed by atoms with Gasteiger partial charge in [-0.15, -0.1) is 10.2 Å². The van der Waals surface area contributed by atoms with Gasteiger partial charge in [0, 0.05) is 17.6 Å². The Balaban J connectivity index is 1.59. The molecule has 1 aromatic heterocycles. The molecule has 0 radical (unpaired) electrons. The number of nitrogens with one attached hydrogen (secondary N) is 2. The first-order valence-electron chi connectivity index (χ1n) is 9.08. The molecule has 0 aliphatic rings. The van der Waals surface area contributed by atoms with Gasteiger partial charge in [0.25, 0.3) is 5.91 Å². The third-order valence-electron chi connectivity index (χ3n) is 4.27. The molecular formula is C20H18Cl3N5O2S. The second-order valence-corrected chi connectivity index (χ2v) is 8.70. The molecule has 0 fully saturated rings. The van der Waals surface area contributed by atoms with E-state index in [-0.39, 0.29) is 22.6 Å². The molecule has 2 aromatic carbocycles.